The van der Waals surface area contributed by atoms with Crippen LogP contribution in [-0.2, 0) is 21.2 Å². The molecule has 0 radical (unpaired) electrons. The number of anilines is 2. The van der Waals surface area contributed by atoms with Crippen LogP contribution >= 0.6 is 11.8 Å². The van der Waals surface area contributed by atoms with E-state index in [9.17, 15) is 23.2 Å². The summed E-state index contributed by atoms with van der Waals surface area (Å²) in [5.74, 6) is -1.02. The molecule has 1 aromatic heterocycles. The molecular formula is C20H22F3N7O2S. The molecule has 13 heteroatoms. The van der Waals surface area contributed by atoms with Crippen molar-refractivity contribution < 1.29 is 22.7 Å². The normalized spacial score (nSPS) is 16.6. The van der Waals surface area contributed by atoms with Crippen LogP contribution in [0, 0.1) is 11.3 Å². The Kier molecular flexibility index (Phi) is 7.43. The van der Waals surface area contributed by atoms with E-state index < -0.39 is 23.2 Å². The number of hydrogen-bond donors (Lipinski definition) is 3. The van der Waals surface area contributed by atoms with E-state index in [2.05, 4.69) is 15.3 Å². The lowest BCUT2D eigenvalue weighted by Gasteiger charge is -2.36. The number of nitrogen functional groups attached to an aromatic ring is 1. The largest absolute Gasteiger partial charge is 0.416 e. The van der Waals surface area contributed by atoms with Crippen molar-refractivity contribution in [3.63, 3.8) is 0 Å². The van der Waals surface area contributed by atoms with Crippen molar-refractivity contribution in [1.82, 2.24) is 14.9 Å². The number of hydrogen-bond acceptors (Lipinski definition) is 9. The lowest BCUT2D eigenvalue weighted by Crippen LogP contribution is -2.58. The number of carbonyl (C=O) groups excluding carboxylic acids is 1. The van der Waals surface area contributed by atoms with E-state index in [1.807, 2.05) is 11.0 Å². The van der Waals surface area contributed by atoms with Crippen molar-refractivity contribution in [2.24, 2.45) is 5.73 Å². The summed E-state index contributed by atoms with van der Waals surface area (Å²) in [5, 5.41) is 12.4. The van der Waals surface area contributed by atoms with E-state index in [4.69, 9.17) is 16.2 Å². The van der Waals surface area contributed by atoms with Crippen molar-refractivity contribution in [2.75, 3.05) is 50.2 Å². The Balaban J connectivity index is 2.06. The molecule has 33 heavy (non-hydrogen) atoms. The van der Waals surface area contributed by atoms with Gasteiger partial charge in [-0.3, -0.25) is 9.69 Å². The number of nitrogens with one attached hydrogen (secondary N) is 1. The van der Waals surface area contributed by atoms with Crippen LogP contribution in [0.15, 0.2) is 29.3 Å². The third-order valence-corrected chi connectivity index (χ3v) is 5.73. The molecule has 1 aromatic carbocycles. The van der Waals surface area contributed by atoms with Gasteiger partial charge >= 0.3 is 6.18 Å². The van der Waals surface area contributed by atoms with Gasteiger partial charge in [0.15, 0.2) is 5.54 Å². The average Bonchev–Trinajstić information content (AvgIpc) is 2.78. The lowest BCUT2D eigenvalue weighted by molar-refractivity contribution is -0.137. The fourth-order valence-corrected chi connectivity index (χ4v) is 3.94. The van der Waals surface area contributed by atoms with Gasteiger partial charge < -0.3 is 21.5 Å². The molecule has 1 amide bonds. The molecule has 2 heterocycles. The second-order valence-corrected chi connectivity index (χ2v) is 8.11. The second kappa shape index (κ2) is 9.92. The van der Waals surface area contributed by atoms with Gasteiger partial charge in [0.1, 0.15) is 16.7 Å². The minimum absolute atomic E-state index is 0.0216. The molecule has 0 bridgehead atoms. The van der Waals surface area contributed by atoms with Crippen LogP contribution in [0.3, 0.4) is 0 Å². The summed E-state index contributed by atoms with van der Waals surface area (Å²) < 4.78 is 44.7. The number of halogens is 3. The number of aromatic nitrogens is 2. The third kappa shape index (κ3) is 5.53. The highest BCUT2D eigenvalue weighted by atomic mass is 32.2. The zero-order chi connectivity index (χ0) is 24.2. The summed E-state index contributed by atoms with van der Waals surface area (Å²) in [6, 6.07) is 6.17. The molecule has 2 aromatic rings. The third-order valence-electron chi connectivity index (χ3n) is 5.05. The molecule has 1 aliphatic rings. The van der Waals surface area contributed by atoms with E-state index in [0.717, 1.165) is 23.9 Å². The molecular weight excluding hydrogens is 459 g/mol. The summed E-state index contributed by atoms with van der Waals surface area (Å²) in [7, 11) is 0. The molecule has 176 valence electrons. The van der Waals surface area contributed by atoms with Gasteiger partial charge in [0.2, 0.25) is 5.95 Å². The van der Waals surface area contributed by atoms with Gasteiger partial charge in [-0.05, 0) is 24.5 Å². The van der Waals surface area contributed by atoms with E-state index in [1.54, 1.807) is 6.26 Å². The molecule has 1 aliphatic heterocycles. The maximum atomic E-state index is 13.5. The number of nitrogens with two attached hydrogens (primary N) is 2. The first kappa shape index (κ1) is 24.7. The zero-order valence-corrected chi connectivity index (χ0v) is 18.5. The molecule has 0 spiro atoms. The number of amides is 1. The Morgan fingerprint density at radius 2 is 2.03 bits per heavy atom. The molecule has 5 N–H and O–H groups in total. The van der Waals surface area contributed by atoms with Gasteiger partial charge in [-0.15, -0.1) is 11.8 Å². The molecule has 0 aliphatic carbocycles. The summed E-state index contributed by atoms with van der Waals surface area (Å²) in [6.07, 6.45) is -2.91. The van der Waals surface area contributed by atoms with Crippen LogP contribution in [0.4, 0.5) is 24.8 Å². The molecule has 0 unspecified atom stereocenters. The monoisotopic (exact) mass is 481 g/mol. The fraction of sp³-hybridized carbons (Fsp3) is 0.400. The molecule has 9 nitrogen and oxygen atoms in total. The first-order chi connectivity index (χ1) is 15.6. The van der Waals surface area contributed by atoms with Crippen molar-refractivity contribution in [3.05, 3.63) is 41.1 Å². The van der Waals surface area contributed by atoms with Crippen LogP contribution in [0.5, 0.6) is 0 Å². The first-order valence-corrected chi connectivity index (χ1v) is 11.0. The Bertz CT molecular complexity index is 1070. The number of alkyl halides is 3. The van der Waals surface area contributed by atoms with Crippen LogP contribution in [0.25, 0.3) is 0 Å². The van der Waals surface area contributed by atoms with E-state index in [-0.39, 0.29) is 34.5 Å². The highest BCUT2D eigenvalue weighted by Crippen LogP contribution is 2.32. The standard InChI is InChI=1S/C20H22F3N7O2S/c1-33-16-14(10-24)15(28-18(25)29-16)19(26,11-30-5-7-32-8-6-30)17(31)27-13-4-2-3-12(9-13)20(21,22)23/h2-4,9H,5-8,11,26H2,1H3,(H,27,31)(H2,25,28,29)/t19-/m1/s1. The predicted octanol–water partition coefficient (Wildman–Crippen LogP) is 1.80. The fourth-order valence-electron chi connectivity index (χ4n) is 3.41. The minimum atomic E-state index is -4.59. The number of ether oxygens (including phenoxy) is 1. The van der Waals surface area contributed by atoms with E-state index in [0.29, 0.717) is 26.3 Å². The summed E-state index contributed by atoms with van der Waals surface area (Å²) in [4.78, 5) is 23.5. The van der Waals surface area contributed by atoms with Crippen LogP contribution < -0.4 is 16.8 Å². The minimum Gasteiger partial charge on any atom is -0.379 e. The highest BCUT2D eigenvalue weighted by molar-refractivity contribution is 7.98. The molecule has 1 saturated heterocycles. The molecule has 3 rings (SSSR count). The van der Waals surface area contributed by atoms with Crippen LogP contribution in [0.2, 0.25) is 0 Å². The average molecular weight is 482 g/mol. The number of nitrogens with zero attached hydrogens (tertiary/aromatic N) is 4. The number of thioether (sulfide) groups is 1. The maximum Gasteiger partial charge on any atom is 0.416 e. The second-order valence-electron chi connectivity index (χ2n) is 7.32. The Morgan fingerprint density at radius 3 is 2.64 bits per heavy atom. The molecule has 1 atom stereocenters. The van der Waals surface area contributed by atoms with Crippen LogP contribution in [0.1, 0.15) is 16.8 Å². The Hall–Kier alpha value is -2.92. The Labute approximate surface area is 192 Å². The number of carbonyl (C=O) groups is 1. The molecule has 0 saturated carbocycles. The van der Waals surface area contributed by atoms with Crippen molar-refractivity contribution >= 4 is 29.3 Å². The van der Waals surface area contributed by atoms with E-state index in [1.165, 1.54) is 12.1 Å². The van der Waals surface area contributed by atoms with Crippen molar-refractivity contribution in [3.8, 4) is 6.07 Å². The van der Waals surface area contributed by atoms with Gasteiger partial charge in [-0.2, -0.15) is 18.4 Å². The number of nitriles is 1. The van der Waals surface area contributed by atoms with Gasteiger partial charge in [0.25, 0.3) is 5.91 Å². The predicted molar refractivity (Wildman–Crippen MR) is 116 cm³/mol. The number of morpholine rings is 1. The molecule has 1 fully saturated rings. The van der Waals surface area contributed by atoms with Crippen molar-refractivity contribution in [2.45, 2.75) is 16.7 Å². The summed E-state index contributed by atoms with van der Waals surface area (Å²) >= 11 is 1.13. The van der Waals surface area contributed by atoms with Gasteiger partial charge in [0.05, 0.1) is 24.5 Å². The van der Waals surface area contributed by atoms with Gasteiger partial charge in [-0.1, -0.05) is 6.07 Å². The summed E-state index contributed by atoms with van der Waals surface area (Å²) in [5.41, 5.74) is 9.36. The quantitative estimate of drug-likeness (QED) is 0.416. The van der Waals surface area contributed by atoms with Crippen molar-refractivity contribution in [1.29, 1.82) is 5.26 Å². The lowest BCUT2D eigenvalue weighted by atomic mass is 9.90. The highest BCUT2D eigenvalue weighted by Gasteiger charge is 2.43. The smallest absolute Gasteiger partial charge is 0.379 e. The van der Waals surface area contributed by atoms with E-state index >= 15 is 0 Å². The first-order valence-electron chi connectivity index (χ1n) is 9.78. The SMILES string of the molecule is CSc1nc(N)nc([C@](N)(CN2CCOCC2)C(=O)Nc2cccc(C(F)(F)F)c2)c1C#N. The van der Waals surface area contributed by atoms with Gasteiger partial charge in [0, 0.05) is 25.3 Å². The van der Waals surface area contributed by atoms with Crippen LogP contribution in [-0.4, -0.2) is 59.9 Å². The maximum absolute atomic E-state index is 13.5. The summed E-state index contributed by atoms with van der Waals surface area (Å²) in [6.45, 7) is 1.69. The number of rotatable bonds is 6. The Morgan fingerprint density at radius 1 is 1.33 bits per heavy atom. The van der Waals surface area contributed by atoms with Gasteiger partial charge in [-0.25, -0.2) is 9.97 Å². The zero-order valence-electron chi connectivity index (χ0n) is 17.6. The topological polar surface area (TPSA) is 143 Å². The number of benzene rings is 1.